The van der Waals surface area contributed by atoms with Crippen molar-refractivity contribution < 1.29 is 28.6 Å². The highest BCUT2D eigenvalue weighted by atomic mass is 16.5. The van der Waals surface area contributed by atoms with E-state index in [1.165, 1.54) is 0 Å². The van der Waals surface area contributed by atoms with Crippen LogP contribution >= 0.6 is 0 Å². The van der Waals surface area contributed by atoms with Crippen molar-refractivity contribution in [2.45, 2.75) is 12.3 Å². The number of benzene rings is 15. The molecule has 0 heterocycles. The summed E-state index contributed by atoms with van der Waals surface area (Å²) in [5.74, 6) is -0.424. The van der Waals surface area contributed by atoms with Gasteiger partial charge in [0.25, 0.3) is 0 Å². The molecule has 0 fully saturated rings. The molecule has 470 valence electrons. The van der Waals surface area contributed by atoms with Gasteiger partial charge < -0.3 is 28.9 Å². The fourth-order valence-electron chi connectivity index (χ4n) is 12.8. The molecule has 0 spiro atoms. The number of hydrogen-bond donors (Lipinski definition) is 0. The van der Waals surface area contributed by atoms with Crippen LogP contribution in [0.1, 0.15) is 54.7 Å². The van der Waals surface area contributed by atoms with Gasteiger partial charge in [0, 0.05) is 56.6 Å². The van der Waals surface area contributed by atoms with E-state index in [0.717, 1.165) is 100 Å². The average molecular weight is 1270 g/mol. The lowest BCUT2D eigenvalue weighted by Gasteiger charge is -2.32. The summed E-state index contributed by atoms with van der Waals surface area (Å²) in [7, 11) is 0. The predicted molar refractivity (Wildman–Crippen MR) is 396 cm³/mol. The molecule has 0 aliphatic heterocycles. The van der Waals surface area contributed by atoms with E-state index >= 15 is 0 Å². The summed E-state index contributed by atoms with van der Waals surface area (Å²) in [5, 5.41) is 6.81. The van der Waals surface area contributed by atoms with E-state index < -0.39 is 23.3 Å². The van der Waals surface area contributed by atoms with Gasteiger partial charge in [0.15, 0.2) is 0 Å². The molecule has 0 unspecified atom stereocenters. The Hall–Kier alpha value is -13.1. The van der Waals surface area contributed by atoms with Crippen LogP contribution in [0.3, 0.4) is 0 Å². The molecule has 0 N–H and O–H groups in total. The van der Waals surface area contributed by atoms with Crippen molar-refractivity contribution in [2.24, 2.45) is 0 Å². The minimum atomic E-state index is -0.851. The lowest BCUT2D eigenvalue weighted by Crippen LogP contribution is -2.25. The summed E-state index contributed by atoms with van der Waals surface area (Å²) in [6.07, 6.45) is 0. The first-order valence-electron chi connectivity index (χ1n) is 32.5. The third-order valence-corrected chi connectivity index (χ3v) is 18.0. The molecule has 0 amide bonds. The lowest BCUT2D eigenvalue weighted by molar-refractivity contribution is 0.0725. The molecule has 0 bridgehead atoms. The summed E-state index contributed by atoms with van der Waals surface area (Å²) in [6.45, 7) is 2.10. The molecule has 9 nitrogen and oxygen atoms in total. The van der Waals surface area contributed by atoms with E-state index in [1.54, 1.807) is 72.8 Å². The minimum absolute atomic E-state index is 0.362. The van der Waals surface area contributed by atoms with E-state index in [9.17, 15) is 14.4 Å². The average Bonchev–Trinajstić information content (AvgIpc) is 0.769. The number of carbonyl (C=O) groups excluding carboxylic acids is 3. The van der Waals surface area contributed by atoms with Crippen molar-refractivity contribution in [3.05, 3.63) is 397 Å². The van der Waals surface area contributed by atoms with E-state index in [-0.39, 0.29) is 0 Å². The van der Waals surface area contributed by atoms with Crippen molar-refractivity contribution >= 4 is 101 Å². The standard InChI is InChI=1S/C89H63N3O6/c1-89(71-38-53-83(54-39-71)96-86(93)65-32-44-77(45-33-65)90(74-23-5-2-6-24-74)80-50-29-62-17-11-14-20-68(62)59-80,72-40-55-84(56-41-72)97-87(94)66-34-46-78(47-35-66)91(75-25-7-3-8-26-75)81-51-30-63-18-12-15-21-69(63)60-81)73-42-57-85(58-43-73)98-88(95)67-36-48-79(49-37-67)92(76-27-9-4-10-28-76)82-52-31-64-19-13-16-22-70(64)61-82/h2-61H,1H3. The van der Waals surface area contributed by atoms with Gasteiger partial charge in [0.05, 0.1) is 16.7 Å². The van der Waals surface area contributed by atoms with Gasteiger partial charge in [-0.15, -0.1) is 0 Å². The summed E-state index contributed by atoms with van der Waals surface area (Å²) >= 11 is 0. The number of rotatable bonds is 18. The molecule has 15 rings (SSSR count). The van der Waals surface area contributed by atoms with E-state index in [4.69, 9.17) is 14.2 Å². The topological polar surface area (TPSA) is 88.6 Å². The number of fused-ring (bicyclic) bond motifs is 3. The number of ether oxygens (including phenoxy) is 3. The van der Waals surface area contributed by atoms with Crippen LogP contribution in [0.15, 0.2) is 364 Å². The maximum atomic E-state index is 14.0. The molecular formula is C89H63N3O6. The first-order valence-corrected chi connectivity index (χ1v) is 32.5. The first kappa shape index (κ1) is 61.1. The van der Waals surface area contributed by atoms with Crippen LogP contribution in [0.4, 0.5) is 51.2 Å². The Kier molecular flexibility index (Phi) is 16.9. The van der Waals surface area contributed by atoms with Crippen LogP contribution in [0.5, 0.6) is 17.2 Å². The normalized spacial score (nSPS) is 11.2. The van der Waals surface area contributed by atoms with E-state index in [2.05, 4.69) is 149 Å². The van der Waals surface area contributed by atoms with Crippen LogP contribution in [-0.2, 0) is 5.41 Å². The Labute approximate surface area is 568 Å². The highest BCUT2D eigenvalue weighted by Gasteiger charge is 2.32. The molecule has 0 aromatic heterocycles. The minimum Gasteiger partial charge on any atom is -0.423 e. The second-order valence-corrected chi connectivity index (χ2v) is 24.1. The van der Waals surface area contributed by atoms with Crippen LogP contribution < -0.4 is 28.9 Å². The lowest BCUT2D eigenvalue weighted by atomic mass is 9.71. The Morgan fingerprint density at radius 3 is 0.694 bits per heavy atom. The number of esters is 3. The second kappa shape index (κ2) is 27.1. The van der Waals surface area contributed by atoms with Gasteiger partial charge >= 0.3 is 17.9 Å². The molecule has 0 radical (unpaired) electrons. The summed E-state index contributed by atoms with van der Waals surface area (Å²) < 4.78 is 18.2. The van der Waals surface area contributed by atoms with Crippen LogP contribution in [0, 0.1) is 0 Å². The van der Waals surface area contributed by atoms with Crippen LogP contribution in [0.25, 0.3) is 32.3 Å². The van der Waals surface area contributed by atoms with Gasteiger partial charge in [-0.3, -0.25) is 0 Å². The smallest absolute Gasteiger partial charge is 0.343 e. The quantitative estimate of drug-likeness (QED) is 0.0473. The predicted octanol–water partition coefficient (Wildman–Crippen LogP) is 22.6. The Morgan fingerprint density at radius 2 is 0.439 bits per heavy atom. The van der Waals surface area contributed by atoms with Gasteiger partial charge in [-0.2, -0.15) is 0 Å². The second-order valence-electron chi connectivity index (χ2n) is 24.1. The van der Waals surface area contributed by atoms with Gasteiger partial charge in [0.2, 0.25) is 0 Å². The molecule has 0 saturated carbocycles. The van der Waals surface area contributed by atoms with Gasteiger partial charge in [-0.25, -0.2) is 14.4 Å². The highest BCUT2D eigenvalue weighted by Crippen LogP contribution is 2.43. The Morgan fingerprint density at radius 1 is 0.224 bits per heavy atom. The number of anilines is 9. The van der Waals surface area contributed by atoms with Gasteiger partial charge in [-0.05, 0) is 238 Å². The summed E-state index contributed by atoms with van der Waals surface area (Å²) in [5.41, 5.74) is 11.5. The zero-order valence-corrected chi connectivity index (χ0v) is 53.4. The molecule has 0 aliphatic rings. The maximum Gasteiger partial charge on any atom is 0.343 e. The van der Waals surface area contributed by atoms with E-state index in [1.807, 2.05) is 164 Å². The van der Waals surface area contributed by atoms with Gasteiger partial charge in [-0.1, -0.05) is 182 Å². The molecule has 15 aromatic rings. The number of hydrogen-bond acceptors (Lipinski definition) is 9. The zero-order chi connectivity index (χ0) is 66.4. The Bertz CT molecular complexity index is 4810. The molecule has 15 aromatic carbocycles. The fraction of sp³-hybridized carbons (Fsp3) is 0.0225. The monoisotopic (exact) mass is 1270 g/mol. The van der Waals surface area contributed by atoms with E-state index in [0.29, 0.717) is 33.9 Å². The maximum absolute atomic E-state index is 14.0. The van der Waals surface area contributed by atoms with Crippen molar-refractivity contribution in [3.8, 4) is 17.2 Å². The van der Waals surface area contributed by atoms with Crippen molar-refractivity contribution in [3.63, 3.8) is 0 Å². The molecular weight excluding hydrogens is 1210 g/mol. The van der Waals surface area contributed by atoms with Crippen molar-refractivity contribution in [1.29, 1.82) is 0 Å². The fourth-order valence-corrected chi connectivity index (χ4v) is 12.8. The Balaban J connectivity index is 0.685. The van der Waals surface area contributed by atoms with Crippen molar-refractivity contribution in [2.75, 3.05) is 14.7 Å². The zero-order valence-electron chi connectivity index (χ0n) is 53.4. The molecule has 0 saturated heterocycles. The van der Waals surface area contributed by atoms with Crippen LogP contribution in [0.2, 0.25) is 0 Å². The number of nitrogens with zero attached hydrogens (tertiary/aromatic N) is 3. The number of carbonyl (C=O) groups is 3. The molecule has 9 heteroatoms. The number of para-hydroxylation sites is 3. The van der Waals surface area contributed by atoms with Crippen molar-refractivity contribution in [1.82, 2.24) is 0 Å². The van der Waals surface area contributed by atoms with Crippen LogP contribution in [-0.4, -0.2) is 17.9 Å². The highest BCUT2D eigenvalue weighted by molar-refractivity contribution is 5.96. The first-order chi connectivity index (χ1) is 48.1. The summed E-state index contributed by atoms with van der Waals surface area (Å²) in [4.78, 5) is 48.4. The molecule has 0 atom stereocenters. The summed E-state index contributed by atoms with van der Waals surface area (Å²) in [6, 6.07) is 119. The SMILES string of the molecule is CC(c1ccc(OC(=O)c2ccc(N(c3ccccc3)c3ccc4ccccc4c3)cc2)cc1)(c1ccc(OC(=O)c2ccc(N(c3ccccc3)c3ccc4ccccc4c3)cc2)cc1)c1ccc(OC(=O)c2ccc(N(c3ccccc3)c3ccc4ccccc4c3)cc2)cc1. The molecule has 0 aliphatic carbocycles. The third-order valence-electron chi connectivity index (χ3n) is 18.0. The molecule has 98 heavy (non-hydrogen) atoms. The third kappa shape index (κ3) is 12.7. The largest absolute Gasteiger partial charge is 0.423 e. The van der Waals surface area contributed by atoms with Gasteiger partial charge in [0.1, 0.15) is 17.2 Å².